The molecule has 0 unspecified atom stereocenters. The summed E-state index contributed by atoms with van der Waals surface area (Å²) in [4.78, 5) is 3.13. The summed E-state index contributed by atoms with van der Waals surface area (Å²) in [6, 6.07) is 3.86. The van der Waals surface area contributed by atoms with Crippen LogP contribution in [-0.4, -0.2) is 9.55 Å². The Morgan fingerprint density at radius 2 is 2.15 bits per heavy atom. The second-order valence-electron chi connectivity index (χ2n) is 3.06. The minimum atomic E-state index is 0.723. The van der Waals surface area contributed by atoms with E-state index in [-0.39, 0.29) is 0 Å². The second-order valence-corrected chi connectivity index (χ2v) is 3.85. The van der Waals surface area contributed by atoms with Gasteiger partial charge in [0.1, 0.15) is 0 Å². The Hall–Kier alpha value is -0.800. The van der Waals surface area contributed by atoms with Crippen LogP contribution < -0.4 is 0 Å². The molecule has 68 valence electrons. The van der Waals surface area contributed by atoms with E-state index in [0.29, 0.717) is 0 Å². The van der Waals surface area contributed by atoms with E-state index in [1.165, 1.54) is 0 Å². The number of nitrogens with one attached hydrogen (secondary N) is 1. The highest BCUT2D eigenvalue weighted by atomic mass is 35.5. The molecule has 13 heavy (non-hydrogen) atoms. The molecule has 0 saturated heterocycles. The molecule has 0 aliphatic carbocycles. The van der Waals surface area contributed by atoms with Gasteiger partial charge in [-0.2, -0.15) is 0 Å². The van der Waals surface area contributed by atoms with E-state index in [2.05, 4.69) is 4.98 Å². The topological polar surface area (TPSA) is 20.7 Å². The molecule has 0 aliphatic heterocycles. The first kappa shape index (κ1) is 8.78. The Morgan fingerprint density at radius 1 is 1.46 bits per heavy atom. The Kier molecular flexibility index (Phi) is 1.93. The van der Waals surface area contributed by atoms with Crippen LogP contribution in [0.5, 0.6) is 0 Å². The average molecular weight is 213 g/mol. The highest BCUT2D eigenvalue weighted by Gasteiger charge is 2.05. The number of nitrogens with zero attached hydrogens (tertiary/aromatic N) is 1. The lowest BCUT2D eigenvalue weighted by molar-refractivity contribution is 0.927. The van der Waals surface area contributed by atoms with Crippen molar-refractivity contribution >= 4 is 34.9 Å². The third-order valence-electron chi connectivity index (χ3n) is 2.27. The second kappa shape index (κ2) is 2.86. The molecule has 0 atom stereocenters. The molecule has 0 saturated carbocycles. The molecule has 1 heterocycles. The van der Waals surface area contributed by atoms with Gasteiger partial charge >= 0.3 is 0 Å². The van der Waals surface area contributed by atoms with Crippen molar-refractivity contribution in [3.05, 3.63) is 27.5 Å². The largest absolute Gasteiger partial charge is 0.330 e. The highest BCUT2D eigenvalue weighted by molar-refractivity contribution is 7.71. The van der Waals surface area contributed by atoms with Gasteiger partial charge in [0.25, 0.3) is 0 Å². The zero-order valence-electron chi connectivity index (χ0n) is 7.39. The monoisotopic (exact) mass is 212 g/mol. The predicted octanol–water partition coefficient (Wildman–Crippen LogP) is 3.20. The van der Waals surface area contributed by atoms with Crippen LogP contribution in [0.3, 0.4) is 0 Å². The van der Waals surface area contributed by atoms with Crippen molar-refractivity contribution in [2.45, 2.75) is 6.92 Å². The number of hydrogen-bond acceptors (Lipinski definition) is 1. The molecule has 0 radical (unpaired) electrons. The van der Waals surface area contributed by atoms with E-state index in [1.54, 1.807) is 0 Å². The molecule has 1 aromatic heterocycles. The minimum Gasteiger partial charge on any atom is -0.330 e. The van der Waals surface area contributed by atoms with Gasteiger partial charge in [0.2, 0.25) is 0 Å². The maximum Gasteiger partial charge on any atom is 0.177 e. The van der Waals surface area contributed by atoms with E-state index in [4.69, 9.17) is 23.8 Å². The van der Waals surface area contributed by atoms with Gasteiger partial charge in [-0.05, 0) is 36.8 Å². The van der Waals surface area contributed by atoms with Crippen LogP contribution in [0, 0.1) is 11.7 Å². The number of fused-ring (bicyclic) bond motifs is 1. The Morgan fingerprint density at radius 3 is 2.85 bits per heavy atom. The lowest BCUT2D eigenvalue weighted by Gasteiger charge is -1.99. The molecule has 0 aliphatic rings. The number of benzene rings is 1. The van der Waals surface area contributed by atoms with Crippen LogP contribution in [0.2, 0.25) is 5.02 Å². The molecule has 2 rings (SSSR count). The highest BCUT2D eigenvalue weighted by Crippen LogP contribution is 2.23. The van der Waals surface area contributed by atoms with Crippen molar-refractivity contribution in [3.63, 3.8) is 0 Å². The average Bonchev–Trinajstić information content (AvgIpc) is 2.38. The van der Waals surface area contributed by atoms with Crippen LogP contribution in [-0.2, 0) is 7.05 Å². The zero-order valence-corrected chi connectivity index (χ0v) is 8.96. The summed E-state index contributed by atoms with van der Waals surface area (Å²) in [6.07, 6.45) is 0. The number of rotatable bonds is 0. The van der Waals surface area contributed by atoms with Gasteiger partial charge in [-0.25, -0.2) is 0 Å². The molecule has 1 N–H and O–H groups in total. The first-order valence-electron chi connectivity index (χ1n) is 3.95. The van der Waals surface area contributed by atoms with Crippen LogP contribution in [0.25, 0.3) is 11.0 Å². The molecular formula is C9H9ClN2S. The fourth-order valence-corrected chi connectivity index (χ4v) is 1.77. The first-order valence-corrected chi connectivity index (χ1v) is 4.73. The number of aromatic nitrogens is 2. The third kappa shape index (κ3) is 1.19. The SMILES string of the molecule is Cc1c(Cl)ccc2c1[nH]c(=S)n2C. The summed E-state index contributed by atoms with van der Waals surface area (Å²) in [5, 5.41) is 0.768. The summed E-state index contributed by atoms with van der Waals surface area (Å²) in [7, 11) is 1.94. The molecule has 2 nitrogen and oxygen atoms in total. The van der Waals surface area contributed by atoms with Crippen molar-refractivity contribution in [3.8, 4) is 0 Å². The molecule has 0 bridgehead atoms. The van der Waals surface area contributed by atoms with Crippen molar-refractivity contribution in [2.75, 3.05) is 0 Å². The van der Waals surface area contributed by atoms with Gasteiger partial charge < -0.3 is 9.55 Å². The summed E-state index contributed by atoms with van der Waals surface area (Å²) in [5.74, 6) is 0. The Labute approximate surface area is 86.1 Å². The van der Waals surface area contributed by atoms with Gasteiger partial charge in [-0.15, -0.1) is 0 Å². The third-order valence-corrected chi connectivity index (χ3v) is 3.06. The number of halogens is 1. The molecule has 0 amide bonds. The van der Waals surface area contributed by atoms with E-state index >= 15 is 0 Å². The van der Waals surface area contributed by atoms with E-state index < -0.39 is 0 Å². The fraction of sp³-hybridized carbons (Fsp3) is 0.222. The maximum atomic E-state index is 5.99. The van der Waals surface area contributed by atoms with Crippen LogP contribution in [0.4, 0.5) is 0 Å². The Balaban J connectivity index is 3.03. The standard InChI is InChI=1S/C9H9ClN2S/c1-5-6(10)3-4-7-8(5)11-9(13)12(7)2/h3-4H,1-2H3,(H,11,13). The van der Waals surface area contributed by atoms with Crippen molar-refractivity contribution in [1.29, 1.82) is 0 Å². The van der Waals surface area contributed by atoms with Gasteiger partial charge in [-0.1, -0.05) is 11.6 Å². The maximum absolute atomic E-state index is 5.99. The van der Waals surface area contributed by atoms with Crippen molar-refractivity contribution < 1.29 is 0 Å². The van der Waals surface area contributed by atoms with Crippen molar-refractivity contribution in [2.24, 2.45) is 7.05 Å². The lowest BCUT2D eigenvalue weighted by Crippen LogP contribution is -1.86. The van der Waals surface area contributed by atoms with Gasteiger partial charge in [0.15, 0.2) is 4.77 Å². The number of aryl methyl sites for hydroxylation is 2. The molecule has 1 aromatic carbocycles. The smallest absolute Gasteiger partial charge is 0.177 e. The Bertz CT molecular complexity index is 524. The van der Waals surface area contributed by atoms with E-state index in [9.17, 15) is 0 Å². The molecule has 0 fully saturated rings. The van der Waals surface area contributed by atoms with E-state index in [0.717, 1.165) is 26.4 Å². The summed E-state index contributed by atoms with van der Waals surface area (Å²) in [5.41, 5.74) is 3.16. The molecular weight excluding hydrogens is 204 g/mol. The number of hydrogen-bond donors (Lipinski definition) is 1. The molecule has 0 spiro atoms. The minimum absolute atomic E-state index is 0.723. The van der Waals surface area contributed by atoms with E-state index in [1.807, 2.05) is 30.7 Å². The summed E-state index contributed by atoms with van der Waals surface area (Å²) in [6.45, 7) is 1.98. The van der Waals surface area contributed by atoms with Crippen LogP contribution in [0.15, 0.2) is 12.1 Å². The van der Waals surface area contributed by atoms with Gasteiger partial charge in [-0.3, -0.25) is 0 Å². The van der Waals surface area contributed by atoms with Crippen LogP contribution >= 0.6 is 23.8 Å². The zero-order chi connectivity index (χ0) is 9.59. The first-order chi connectivity index (χ1) is 6.11. The van der Waals surface area contributed by atoms with Crippen LogP contribution in [0.1, 0.15) is 5.56 Å². The number of aromatic amines is 1. The van der Waals surface area contributed by atoms with Gasteiger partial charge in [0, 0.05) is 12.1 Å². The molecule has 4 heteroatoms. The quantitative estimate of drug-likeness (QED) is 0.666. The molecule has 2 aromatic rings. The number of imidazole rings is 1. The van der Waals surface area contributed by atoms with Gasteiger partial charge in [0.05, 0.1) is 11.0 Å². The van der Waals surface area contributed by atoms with Crippen molar-refractivity contribution in [1.82, 2.24) is 9.55 Å². The lowest BCUT2D eigenvalue weighted by atomic mass is 10.2. The predicted molar refractivity (Wildman–Crippen MR) is 57.9 cm³/mol. The summed E-state index contributed by atoms with van der Waals surface area (Å²) >= 11 is 11.1. The fourth-order valence-electron chi connectivity index (χ4n) is 1.41. The normalized spacial score (nSPS) is 11.0. The summed E-state index contributed by atoms with van der Waals surface area (Å²) < 4.78 is 2.66. The number of H-pyrrole nitrogens is 1.